The largest absolute Gasteiger partial charge is 0.465 e. The van der Waals surface area contributed by atoms with Gasteiger partial charge in [-0.1, -0.05) is 12.2 Å². The van der Waals surface area contributed by atoms with Crippen LogP contribution in [0.3, 0.4) is 0 Å². The van der Waals surface area contributed by atoms with Crippen LogP contribution >= 0.6 is 0 Å². The normalized spacial score (nSPS) is 28.6. The topological polar surface area (TPSA) is 201 Å². The van der Waals surface area contributed by atoms with Crippen LogP contribution in [-0.2, 0) is 52.3 Å². The summed E-state index contributed by atoms with van der Waals surface area (Å²) in [7, 11) is 1.20. The minimum atomic E-state index is -1.69. The Bertz CT molecular complexity index is 1280. The number of carbonyl (C=O) groups is 5. The van der Waals surface area contributed by atoms with Crippen LogP contribution in [0.25, 0.3) is 0 Å². The number of aliphatic hydroxyl groups excluding tert-OH is 1. The number of rotatable bonds is 8. The fourth-order valence-electron chi connectivity index (χ4n) is 4.82. The Morgan fingerprint density at radius 1 is 0.911 bits per heavy atom. The van der Waals surface area contributed by atoms with Crippen molar-refractivity contribution in [2.24, 2.45) is 11.8 Å². The molecule has 7 atom stereocenters. The van der Waals surface area contributed by atoms with Crippen LogP contribution in [-0.4, -0.2) is 99.5 Å². The number of ether oxygens (including phenoxy) is 9. The van der Waals surface area contributed by atoms with Crippen molar-refractivity contribution in [3.05, 3.63) is 30.4 Å². The maximum absolute atomic E-state index is 13.5. The zero-order valence-electron chi connectivity index (χ0n) is 24.8. The van der Waals surface area contributed by atoms with Crippen LogP contribution in [0.4, 0.5) is 10.5 Å². The average Bonchev–Trinajstić information content (AvgIpc) is 3.48. The minimum absolute atomic E-state index is 0.00819. The summed E-state index contributed by atoms with van der Waals surface area (Å²) in [5.41, 5.74) is 0.251. The van der Waals surface area contributed by atoms with Gasteiger partial charge in [-0.25, -0.2) is 4.79 Å². The Hall–Kier alpha value is -4.41. The van der Waals surface area contributed by atoms with E-state index in [1.54, 1.807) is 19.9 Å². The summed E-state index contributed by atoms with van der Waals surface area (Å²) in [6, 6.07) is 4.57. The van der Waals surface area contributed by atoms with Gasteiger partial charge in [-0.05, 0) is 38.8 Å². The molecule has 3 aliphatic rings. The molecule has 1 aromatic carbocycles. The number of benzene rings is 1. The Morgan fingerprint density at radius 3 is 2.09 bits per heavy atom. The van der Waals surface area contributed by atoms with Crippen molar-refractivity contribution < 1.29 is 71.7 Å². The summed E-state index contributed by atoms with van der Waals surface area (Å²) < 4.78 is 48.7. The molecule has 0 saturated carbocycles. The number of esters is 4. The van der Waals surface area contributed by atoms with Crippen LogP contribution in [0.2, 0.25) is 0 Å². The van der Waals surface area contributed by atoms with E-state index in [0.717, 1.165) is 0 Å². The van der Waals surface area contributed by atoms with Gasteiger partial charge in [-0.15, -0.1) is 0 Å². The van der Waals surface area contributed by atoms with E-state index in [-0.39, 0.29) is 38.5 Å². The van der Waals surface area contributed by atoms with Crippen LogP contribution in [0.5, 0.6) is 11.5 Å². The van der Waals surface area contributed by atoms with Gasteiger partial charge < -0.3 is 47.7 Å². The number of amides is 1. The lowest BCUT2D eigenvalue weighted by Crippen LogP contribution is -2.63. The molecule has 16 nitrogen and oxygen atoms in total. The van der Waals surface area contributed by atoms with Gasteiger partial charge in [0.2, 0.25) is 6.79 Å². The van der Waals surface area contributed by atoms with Crippen molar-refractivity contribution in [2.75, 3.05) is 39.0 Å². The molecule has 2 N–H and O–H groups in total. The summed E-state index contributed by atoms with van der Waals surface area (Å²) >= 11 is 0. The molecule has 45 heavy (non-hydrogen) atoms. The van der Waals surface area contributed by atoms with Gasteiger partial charge >= 0.3 is 30.0 Å². The predicted octanol–water partition coefficient (Wildman–Crippen LogP) is 1.23. The van der Waals surface area contributed by atoms with Gasteiger partial charge in [0, 0.05) is 18.9 Å². The molecule has 3 aliphatic heterocycles. The second-order valence-electron chi connectivity index (χ2n) is 9.88. The second-order valence-corrected chi connectivity index (χ2v) is 9.88. The van der Waals surface area contributed by atoms with E-state index in [0.29, 0.717) is 11.5 Å². The first-order valence-electron chi connectivity index (χ1n) is 14.3. The number of allylic oxidation sites excluding steroid dienone is 2. The molecule has 0 aromatic heterocycles. The monoisotopic (exact) mass is 637 g/mol. The smallest absolute Gasteiger partial charge is 0.412 e. The number of anilines is 1. The van der Waals surface area contributed by atoms with Crippen molar-refractivity contribution in [2.45, 2.75) is 57.4 Å². The van der Waals surface area contributed by atoms with E-state index in [1.807, 2.05) is 0 Å². The number of hydrogen-bond acceptors (Lipinski definition) is 15. The van der Waals surface area contributed by atoms with E-state index in [4.69, 9.17) is 42.6 Å². The van der Waals surface area contributed by atoms with Gasteiger partial charge in [-0.3, -0.25) is 24.5 Å². The molecule has 1 amide bonds. The molecular formula is C29H35NO15. The highest BCUT2D eigenvalue weighted by Gasteiger charge is 2.54. The van der Waals surface area contributed by atoms with Gasteiger partial charge in [-0.2, -0.15) is 0 Å². The number of hydrogen-bond donors (Lipinski definition) is 2. The summed E-state index contributed by atoms with van der Waals surface area (Å²) in [6.07, 6.45) is -6.38. The Kier molecular flexibility index (Phi) is 11.6. The molecule has 16 heteroatoms. The molecule has 0 aliphatic carbocycles. The highest BCUT2D eigenvalue weighted by atomic mass is 16.7. The van der Waals surface area contributed by atoms with E-state index >= 15 is 0 Å². The first-order valence-corrected chi connectivity index (χ1v) is 14.3. The summed E-state index contributed by atoms with van der Waals surface area (Å²) in [5.74, 6) is -6.01. The highest BCUT2D eigenvalue weighted by Crippen LogP contribution is 2.35. The lowest BCUT2D eigenvalue weighted by atomic mass is 9.96. The lowest BCUT2D eigenvalue weighted by molar-refractivity contribution is -0.300. The van der Waals surface area contributed by atoms with Crippen molar-refractivity contribution in [1.82, 2.24) is 0 Å². The van der Waals surface area contributed by atoms with Gasteiger partial charge in [0.1, 0.15) is 6.10 Å². The zero-order valence-corrected chi connectivity index (χ0v) is 24.8. The molecule has 1 aromatic rings. The average molecular weight is 638 g/mol. The van der Waals surface area contributed by atoms with Crippen LogP contribution in [0.1, 0.15) is 26.7 Å². The number of methoxy groups -OCH3 is 1. The molecule has 246 valence electrons. The lowest BCUT2D eigenvalue weighted by Gasteiger charge is -2.44. The molecule has 0 bridgehead atoms. The van der Waals surface area contributed by atoms with E-state index in [2.05, 4.69) is 5.32 Å². The van der Waals surface area contributed by atoms with Crippen molar-refractivity contribution in [3.8, 4) is 11.5 Å². The highest BCUT2D eigenvalue weighted by molar-refractivity contribution is 5.96. The van der Waals surface area contributed by atoms with Crippen LogP contribution in [0.15, 0.2) is 30.4 Å². The second kappa shape index (κ2) is 15.5. The predicted molar refractivity (Wildman–Crippen MR) is 148 cm³/mol. The number of carbonyl (C=O) groups excluding carboxylic acids is 5. The van der Waals surface area contributed by atoms with Crippen molar-refractivity contribution in [1.29, 1.82) is 0 Å². The maximum Gasteiger partial charge on any atom is 0.412 e. The third-order valence-electron chi connectivity index (χ3n) is 6.99. The summed E-state index contributed by atoms with van der Waals surface area (Å²) in [4.78, 5) is 65.4. The fraction of sp³-hybridized carbons (Fsp3) is 0.552. The molecule has 4 rings (SSSR count). The number of fused-ring (bicyclic) bond motifs is 2. The first-order chi connectivity index (χ1) is 21.7. The quantitative estimate of drug-likeness (QED) is 0.178. The van der Waals surface area contributed by atoms with Crippen LogP contribution in [0, 0.1) is 11.8 Å². The Balaban J connectivity index is 1.69. The van der Waals surface area contributed by atoms with Gasteiger partial charge in [0.15, 0.2) is 47.9 Å². The van der Waals surface area contributed by atoms with E-state index in [1.165, 1.54) is 31.4 Å². The fourth-order valence-corrected chi connectivity index (χ4v) is 4.82. The summed E-state index contributed by atoms with van der Waals surface area (Å²) in [5, 5.41) is 12.7. The van der Waals surface area contributed by atoms with Crippen molar-refractivity contribution >= 4 is 35.7 Å². The maximum atomic E-state index is 13.5. The zero-order chi connectivity index (χ0) is 32.5. The first kappa shape index (κ1) is 33.5. The van der Waals surface area contributed by atoms with E-state index in [9.17, 15) is 29.1 Å². The van der Waals surface area contributed by atoms with Crippen LogP contribution < -0.4 is 14.8 Å². The SMILES string of the molecule is CCOC(=O)[C@H]1C/C=C\C[C@H](C(=O)OCC)C(=O)O[C@H]2[C@@H](OC)O[C@H](CO)[C@@H](OC(=O)Nc3ccc4c(c3)OCO4)[C@@H]2OC1=O. The molecule has 1 saturated heterocycles. The molecule has 0 spiro atoms. The van der Waals surface area contributed by atoms with Gasteiger partial charge in [0.25, 0.3) is 0 Å². The molecule has 0 radical (unpaired) electrons. The molecular weight excluding hydrogens is 602 g/mol. The van der Waals surface area contributed by atoms with Gasteiger partial charge in [0.05, 0.1) is 19.8 Å². The molecule has 0 unspecified atom stereocenters. The third-order valence-corrected chi connectivity index (χ3v) is 6.99. The molecule has 3 heterocycles. The standard InChI is InChI=1S/C29H35NO15/c1-4-38-24(32)16-8-6-7-9-17(25(33)39-5-2)27(35)44-23-22(43-26(16)34)21(20(13-31)42-28(23)37-3)45-29(36)30-15-10-11-18-19(12-15)41-14-40-18/h6-7,10-12,16-17,20-23,28,31H,4-5,8-9,13-14H2,1-3H3,(H,30,36)/b7-6-/t16-,17-,20-,21-,22+,23-,28+/m1/s1. The Morgan fingerprint density at radius 2 is 1.51 bits per heavy atom. The van der Waals surface area contributed by atoms with Crippen molar-refractivity contribution in [3.63, 3.8) is 0 Å². The number of aliphatic hydroxyl groups is 1. The van der Waals surface area contributed by atoms with E-state index < -0.39 is 79.1 Å². The summed E-state index contributed by atoms with van der Waals surface area (Å²) in [6.45, 7) is 2.33. The Labute approximate surface area is 257 Å². The minimum Gasteiger partial charge on any atom is -0.465 e. The molecule has 1 fully saturated rings. The number of nitrogens with one attached hydrogen (secondary N) is 1. The third kappa shape index (κ3) is 8.01.